The van der Waals surface area contributed by atoms with Crippen molar-refractivity contribution in [3.8, 4) is 0 Å². The van der Waals surface area contributed by atoms with E-state index in [1.54, 1.807) is 0 Å². The average molecular weight is 585 g/mol. The summed E-state index contributed by atoms with van der Waals surface area (Å²) in [6, 6.07) is 44.2. The summed E-state index contributed by atoms with van der Waals surface area (Å²) < 4.78 is 0. The van der Waals surface area contributed by atoms with Gasteiger partial charge < -0.3 is 0 Å². The zero-order valence-electron chi connectivity index (χ0n) is 24.6. The Hall–Kier alpha value is -5.74. The molecule has 2 aromatic heterocycles. The van der Waals surface area contributed by atoms with Crippen molar-refractivity contribution in [1.82, 2.24) is 19.9 Å². The van der Waals surface area contributed by atoms with Crippen molar-refractivity contribution in [3.05, 3.63) is 189 Å². The molecule has 0 saturated heterocycles. The van der Waals surface area contributed by atoms with Crippen molar-refractivity contribution in [2.24, 2.45) is 0 Å². The zero-order chi connectivity index (χ0) is 29.7. The fourth-order valence-corrected chi connectivity index (χ4v) is 9.25. The van der Waals surface area contributed by atoms with Crippen LogP contribution >= 0.6 is 0 Å². The Labute approximate surface area is 264 Å². The molecule has 6 aromatic carbocycles. The van der Waals surface area contributed by atoms with Crippen LogP contribution in [0.1, 0.15) is 91.0 Å². The number of aromatic nitrogens is 4. The van der Waals surface area contributed by atoms with Gasteiger partial charge in [-0.15, -0.1) is 0 Å². The van der Waals surface area contributed by atoms with Gasteiger partial charge in [0.1, 0.15) is 0 Å². The molecule has 14 rings (SSSR count). The summed E-state index contributed by atoms with van der Waals surface area (Å²) in [6.45, 7) is 0. The lowest BCUT2D eigenvalue weighted by molar-refractivity contribution is 0.709. The van der Waals surface area contributed by atoms with E-state index in [1.165, 1.54) is 44.5 Å². The topological polar surface area (TPSA) is 51.6 Å². The third-order valence-electron chi connectivity index (χ3n) is 11.1. The average Bonchev–Trinajstić information content (AvgIpc) is 3.11. The molecule has 0 radical (unpaired) electrons. The largest absolute Gasteiger partial charge is 0.248 e. The van der Waals surface area contributed by atoms with Crippen molar-refractivity contribution in [3.63, 3.8) is 0 Å². The van der Waals surface area contributed by atoms with Crippen molar-refractivity contribution in [2.75, 3.05) is 0 Å². The minimum atomic E-state index is 0.107. The van der Waals surface area contributed by atoms with Crippen LogP contribution in [0.2, 0.25) is 0 Å². The lowest BCUT2D eigenvalue weighted by Gasteiger charge is -2.40. The van der Waals surface area contributed by atoms with E-state index in [9.17, 15) is 0 Å². The first-order chi connectivity index (χ1) is 22.8. The second-order valence-corrected chi connectivity index (χ2v) is 13.3. The summed E-state index contributed by atoms with van der Waals surface area (Å²) in [5.41, 5.74) is 19.0. The number of hydrogen-bond donors (Lipinski definition) is 0. The van der Waals surface area contributed by atoms with Gasteiger partial charge in [0, 0.05) is 0 Å². The maximum absolute atomic E-state index is 5.38. The molecule has 6 aliphatic carbocycles. The van der Waals surface area contributed by atoms with Gasteiger partial charge >= 0.3 is 0 Å². The van der Waals surface area contributed by atoms with Crippen molar-refractivity contribution < 1.29 is 0 Å². The third kappa shape index (κ3) is 2.78. The van der Waals surface area contributed by atoms with E-state index in [0.29, 0.717) is 0 Å². The molecular weight excluding hydrogens is 560 g/mol. The van der Waals surface area contributed by atoms with E-state index in [0.717, 1.165) is 55.6 Å². The van der Waals surface area contributed by atoms with Gasteiger partial charge in [0.25, 0.3) is 0 Å². The molecule has 4 bridgehead atoms. The molecule has 0 N–H and O–H groups in total. The number of hydrogen-bond acceptors (Lipinski definition) is 4. The lowest BCUT2D eigenvalue weighted by Crippen LogP contribution is -2.29. The summed E-state index contributed by atoms with van der Waals surface area (Å²) in [4.78, 5) is 21.5. The normalized spacial score (nSPS) is 20.6. The van der Waals surface area contributed by atoms with Crippen LogP contribution in [0.5, 0.6) is 0 Å². The minimum Gasteiger partial charge on any atom is -0.248 e. The Bertz CT molecular complexity index is 2230. The fourth-order valence-electron chi connectivity index (χ4n) is 9.25. The highest BCUT2D eigenvalue weighted by atomic mass is 14.9. The van der Waals surface area contributed by atoms with Crippen LogP contribution in [0.25, 0.3) is 32.8 Å². The van der Waals surface area contributed by atoms with Crippen LogP contribution < -0.4 is 0 Å². The molecule has 0 fully saturated rings. The molecule has 0 amide bonds. The monoisotopic (exact) mass is 584 g/mol. The first-order valence-corrected chi connectivity index (χ1v) is 16.1. The predicted molar refractivity (Wildman–Crippen MR) is 180 cm³/mol. The van der Waals surface area contributed by atoms with Crippen molar-refractivity contribution in [1.29, 1.82) is 0 Å². The highest BCUT2D eigenvalue weighted by Crippen LogP contribution is 2.56. The maximum atomic E-state index is 5.38. The van der Waals surface area contributed by atoms with E-state index in [2.05, 4.69) is 121 Å². The van der Waals surface area contributed by atoms with Crippen LogP contribution in [0.3, 0.4) is 0 Å². The zero-order valence-corrected chi connectivity index (χ0v) is 24.6. The molecule has 6 aliphatic rings. The standard InChI is InChI=1S/C42H24N4/c1-2-10-24-23(9-1)35-25-11-3-4-12-26(25)36(24)40-39(35)43-31-17-21-19-33-34(20-22(21)18-32(31)44-40)46-42-38-29-15-7-5-13-27(29)37(41(42)45-33)28-14-6-8-16-30(28)38/h1-20,35-38H. The van der Waals surface area contributed by atoms with Gasteiger partial charge in [-0.25, -0.2) is 19.9 Å². The number of rotatable bonds is 0. The van der Waals surface area contributed by atoms with Gasteiger partial charge in [-0.3, -0.25) is 0 Å². The summed E-state index contributed by atoms with van der Waals surface area (Å²) >= 11 is 0. The molecule has 0 unspecified atom stereocenters. The van der Waals surface area contributed by atoms with Crippen LogP contribution in [-0.4, -0.2) is 19.9 Å². The number of benzene rings is 6. The predicted octanol–water partition coefficient (Wildman–Crippen LogP) is 8.70. The van der Waals surface area contributed by atoms with E-state index in [1.807, 2.05) is 0 Å². The third-order valence-corrected chi connectivity index (χ3v) is 11.1. The number of nitrogens with zero attached hydrogens (tertiary/aromatic N) is 4. The fraction of sp³-hybridized carbons (Fsp3) is 0.0952. The molecule has 212 valence electrons. The quantitative estimate of drug-likeness (QED) is 0.167. The Morgan fingerprint density at radius 2 is 0.478 bits per heavy atom. The van der Waals surface area contributed by atoms with Crippen LogP contribution in [-0.2, 0) is 0 Å². The summed E-state index contributed by atoms with van der Waals surface area (Å²) in [5, 5.41) is 2.24. The van der Waals surface area contributed by atoms with E-state index >= 15 is 0 Å². The Balaban J connectivity index is 1.08. The van der Waals surface area contributed by atoms with Gasteiger partial charge in [-0.1, -0.05) is 97.1 Å². The van der Waals surface area contributed by atoms with Gasteiger partial charge in [-0.05, 0) is 79.5 Å². The molecule has 4 nitrogen and oxygen atoms in total. The van der Waals surface area contributed by atoms with Crippen LogP contribution in [0, 0.1) is 0 Å². The molecule has 46 heavy (non-hydrogen) atoms. The molecule has 8 aromatic rings. The molecule has 0 aliphatic heterocycles. The lowest BCUT2D eigenvalue weighted by atomic mass is 9.64. The summed E-state index contributed by atoms with van der Waals surface area (Å²) in [7, 11) is 0. The molecule has 2 heterocycles. The van der Waals surface area contributed by atoms with E-state index in [4.69, 9.17) is 19.9 Å². The van der Waals surface area contributed by atoms with E-state index in [-0.39, 0.29) is 23.7 Å². The second-order valence-electron chi connectivity index (χ2n) is 13.3. The Morgan fingerprint density at radius 1 is 0.283 bits per heavy atom. The van der Waals surface area contributed by atoms with Gasteiger partial charge in [0.15, 0.2) is 0 Å². The summed E-state index contributed by atoms with van der Waals surface area (Å²) in [6.07, 6.45) is 0. The van der Waals surface area contributed by atoms with Crippen LogP contribution in [0.15, 0.2) is 121 Å². The van der Waals surface area contributed by atoms with Crippen molar-refractivity contribution >= 4 is 32.8 Å². The highest BCUT2D eigenvalue weighted by Gasteiger charge is 2.44. The first kappa shape index (κ1) is 23.6. The Morgan fingerprint density at radius 3 is 0.674 bits per heavy atom. The van der Waals surface area contributed by atoms with Gasteiger partial charge in [0.2, 0.25) is 0 Å². The first-order valence-electron chi connectivity index (χ1n) is 16.1. The Kier molecular flexibility index (Phi) is 4.16. The van der Waals surface area contributed by atoms with Gasteiger partial charge in [-0.2, -0.15) is 0 Å². The molecule has 0 spiro atoms. The van der Waals surface area contributed by atoms with Gasteiger partial charge in [0.05, 0.1) is 68.5 Å². The highest BCUT2D eigenvalue weighted by molar-refractivity contribution is 6.01. The second kappa shape index (κ2) is 8.09. The van der Waals surface area contributed by atoms with E-state index < -0.39 is 0 Å². The summed E-state index contributed by atoms with van der Waals surface area (Å²) in [5.74, 6) is 0.427. The van der Waals surface area contributed by atoms with Crippen LogP contribution in [0.4, 0.5) is 0 Å². The van der Waals surface area contributed by atoms with Crippen molar-refractivity contribution in [2.45, 2.75) is 23.7 Å². The molecular formula is C42H24N4. The molecule has 0 saturated carbocycles. The SMILES string of the molecule is c1ccc2c(c1)C1c3ccccc3C2c2nc3cc4cc5nc6c(nc5cc4cc3nc21)C1c2ccccc2C6c2ccccc21. The molecule has 0 atom stereocenters. The number of fused-ring (bicyclic) bond motifs is 3. The maximum Gasteiger partial charge on any atom is 0.0897 e. The minimum absolute atomic E-state index is 0.107. The molecule has 4 heteroatoms. The smallest absolute Gasteiger partial charge is 0.0897 e.